The Labute approximate surface area is 130 Å². The molecule has 112 valence electrons. The fraction of sp³-hybridized carbons (Fsp3) is 0. The van der Waals surface area contributed by atoms with Crippen molar-refractivity contribution in [1.82, 2.24) is 0 Å². The molecule has 0 fully saturated rings. The predicted octanol–water partition coefficient (Wildman–Crippen LogP) is 2.88. The van der Waals surface area contributed by atoms with Gasteiger partial charge in [0.15, 0.2) is 5.11 Å². The first-order valence-electron chi connectivity index (χ1n) is 5.98. The monoisotopic (exact) mass is 318 g/mol. The molecule has 9 heteroatoms. The highest BCUT2D eigenvalue weighted by atomic mass is 32.1. The summed E-state index contributed by atoms with van der Waals surface area (Å²) in [6.07, 6.45) is 0. The van der Waals surface area contributed by atoms with Gasteiger partial charge in [0.05, 0.1) is 9.85 Å². The summed E-state index contributed by atoms with van der Waals surface area (Å²) in [4.78, 5) is 21.8. The second kappa shape index (κ2) is 6.14. The van der Waals surface area contributed by atoms with E-state index in [4.69, 9.17) is 18.0 Å². The summed E-state index contributed by atoms with van der Waals surface area (Å²) in [6, 6.07) is 11.3. The average Bonchev–Trinajstić information content (AvgIpc) is 2.48. The molecule has 0 aromatic heterocycles. The van der Waals surface area contributed by atoms with E-state index in [1.165, 1.54) is 53.4 Å². The Hall–Kier alpha value is -3.07. The number of hydrogen-bond acceptors (Lipinski definition) is 5. The summed E-state index contributed by atoms with van der Waals surface area (Å²) in [5, 5.41) is 21.3. The van der Waals surface area contributed by atoms with Crippen molar-refractivity contribution < 1.29 is 9.85 Å². The topological polar surface area (TPSA) is 116 Å². The summed E-state index contributed by atoms with van der Waals surface area (Å²) < 4.78 is 0. The first kappa shape index (κ1) is 15.3. The summed E-state index contributed by atoms with van der Waals surface area (Å²) in [7, 11) is 0. The van der Waals surface area contributed by atoms with Crippen molar-refractivity contribution in [2.75, 3.05) is 4.90 Å². The second-order valence-corrected chi connectivity index (χ2v) is 4.64. The Balaban J connectivity index is 2.39. The molecule has 8 nitrogen and oxygen atoms in total. The van der Waals surface area contributed by atoms with Crippen molar-refractivity contribution in [3.8, 4) is 0 Å². The van der Waals surface area contributed by atoms with E-state index in [9.17, 15) is 20.2 Å². The number of nitrogens with two attached hydrogens (primary N) is 1. The summed E-state index contributed by atoms with van der Waals surface area (Å²) in [6.45, 7) is 0. The Morgan fingerprint density at radius 2 is 1.18 bits per heavy atom. The van der Waals surface area contributed by atoms with Crippen LogP contribution in [0.4, 0.5) is 22.7 Å². The SMILES string of the molecule is NC(=S)N(c1ccc([N+](=O)[O-])cc1)c1ccc([N+](=O)[O-])cc1. The van der Waals surface area contributed by atoms with Crippen LogP contribution in [0.15, 0.2) is 48.5 Å². The van der Waals surface area contributed by atoms with Gasteiger partial charge in [-0.15, -0.1) is 0 Å². The molecule has 0 unspecified atom stereocenters. The van der Waals surface area contributed by atoms with Crippen LogP contribution in [0.5, 0.6) is 0 Å². The Bertz CT molecular complexity index is 673. The van der Waals surface area contributed by atoms with Crippen molar-refractivity contribution >= 4 is 40.1 Å². The number of anilines is 2. The molecule has 2 aromatic carbocycles. The highest BCUT2D eigenvalue weighted by molar-refractivity contribution is 7.80. The smallest absolute Gasteiger partial charge is 0.269 e. The molecule has 0 saturated carbocycles. The highest BCUT2D eigenvalue weighted by Gasteiger charge is 2.15. The minimum absolute atomic E-state index is 0.0164. The molecule has 22 heavy (non-hydrogen) atoms. The van der Waals surface area contributed by atoms with Crippen molar-refractivity contribution in [1.29, 1.82) is 0 Å². The molecule has 0 spiro atoms. The quantitative estimate of drug-likeness (QED) is 0.523. The highest BCUT2D eigenvalue weighted by Crippen LogP contribution is 2.28. The summed E-state index contributed by atoms with van der Waals surface area (Å²) in [5.74, 6) is 0. The van der Waals surface area contributed by atoms with Crippen molar-refractivity contribution in [3.63, 3.8) is 0 Å². The lowest BCUT2D eigenvalue weighted by Crippen LogP contribution is -2.31. The maximum absolute atomic E-state index is 10.7. The number of nitro benzene ring substituents is 2. The van der Waals surface area contributed by atoms with Gasteiger partial charge < -0.3 is 5.73 Å². The number of hydrogen-bond donors (Lipinski definition) is 1. The fourth-order valence-corrected chi connectivity index (χ4v) is 2.06. The normalized spacial score (nSPS) is 10.0. The molecule has 0 aliphatic rings. The minimum Gasteiger partial charge on any atom is -0.376 e. The molecule has 0 radical (unpaired) electrons. The lowest BCUT2D eigenvalue weighted by molar-refractivity contribution is -0.385. The van der Waals surface area contributed by atoms with Crippen LogP contribution in [-0.4, -0.2) is 15.0 Å². The van der Waals surface area contributed by atoms with Crippen LogP contribution < -0.4 is 10.6 Å². The molecule has 0 saturated heterocycles. The van der Waals surface area contributed by atoms with E-state index in [-0.39, 0.29) is 16.5 Å². The van der Waals surface area contributed by atoms with Gasteiger partial charge in [0.2, 0.25) is 0 Å². The molecule has 0 aliphatic heterocycles. The van der Waals surface area contributed by atoms with E-state index in [1.54, 1.807) is 0 Å². The van der Waals surface area contributed by atoms with Gasteiger partial charge >= 0.3 is 0 Å². The predicted molar refractivity (Wildman–Crippen MR) is 85.1 cm³/mol. The zero-order chi connectivity index (χ0) is 16.3. The Morgan fingerprint density at radius 1 is 0.864 bits per heavy atom. The standard InChI is InChI=1S/C13H10N4O4S/c14-13(22)15(9-1-5-11(6-2-9)16(18)19)10-3-7-12(8-4-10)17(20)21/h1-8H,(H2,14,22). The van der Waals surface area contributed by atoms with E-state index in [0.29, 0.717) is 11.4 Å². The van der Waals surface area contributed by atoms with E-state index in [2.05, 4.69) is 0 Å². The van der Waals surface area contributed by atoms with Gasteiger partial charge in [-0.2, -0.15) is 0 Å². The third kappa shape index (κ3) is 3.15. The molecule has 2 rings (SSSR count). The third-order valence-corrected chi connectivity index (χ3v) is 3.04. The summed E-state index contributed by atoms with van der Waals surface area (Å²) >= 11 is 4.99. The Kier molecular flexibility index (Phi) is 4.28. The average molecular weight is 318 g/mol. The van der Waals surface area contributed by atoms with Crippen LogP contribution in [0.1, 0.15) is 0 Å². The zero-order valence-electron chi connectivity index (χ0n) is 11.1. The van der Waals surface area contributed by atoms with Gasteiger partial charge in [-0.05, 0) is 36.5 Å². The molecule has 0 amide bonds. The molecule has 0 aliphatic carbocycles. The van der Waals surface area contributed by atoms with Gasteiger partial charge in [-0.1, -0.05) is 0 Å². The minimum atomic E-state index is -0.513. The molecular weight excluding hydrogens is 308 g/mol. The van der Waals surface area contributed by atoms with Gasteiger partial charge in [0.25, 0.3) is 11.4 Å². The lowest BCUT2D eigenvalue weighted by Gasteiger charge is -2.22. The number of nitro groups is 2. The van der Waals surface area contributed by atoms with Crippen LogP contribution in [0.25, 0.3) is 0 Å². The van der Waals surface area contributed by atoms with Crippen LogP contribution in [-0.2, 0) is 0 Å². The number of rotatable bonds is 4. The molecule has 0 heterocycles. The van der Waals surface area contributed by atoms with Crippen LogP contribution >= 0.6 is 12.2 Å². The lowest BCUT2D eigenvalue weighted by atomic mass is 10.2. The maximum atomic E-state index is 10.7. The van der Waals surface area contributed by atoms with E-state index in [1.807, 2.05) is 0 Å². The number of nitrogens with zero attached hydrogens (tertiary/aromatic N) is 3. The number of thiocarbonyl (C=S) groups is 1. The number of benzene rings is 2. The first-order chi connectivity index (χ1) is 10.4. The molecule has 0 bridgehead atoms. The number of non-ortho nitro benzene ring substituents is 2. The van der Waals surface area contributed by atoms with E-state index < -0.39 is 9.85 Å². The molecule has 2 N–H and O–H groups in total. The Morgan fingerprint density at radius 3 is 1.41 bits per heavy atom. The van der Waals surface area contributed by atoms with Gasteiger partial charge in [-0.3, -0.25) is 25.1 Å². The van der Waals surface area contributed by atoms with Crippen molar-refractivity contribution in [3.05, 3.63) is 68.8 Å². The molecule has 0 atom stereocenters. The molecule has 2 aromatic rings. The van der Waals surface area contributed by atoms with E-state index >= 15 is 0 Å². The van der Waals surface area contributed by atoms with Gasteiger partial charge in [0.1, 0.15) is 0 Å². The third-order valence-electron chi connectivity index (χ3n) is 2.86. The van der Waals surface area contributed by atoms with Gasteiger partial charge in [0, 0.05) is 35.6 Å². The van der Waals surface area contributed by atoms with Crippen molar-refractivity contribution in [2.45, 2.75) is 0 Å². The van der Waals surface area contributed by atoms with Crippen LogP contribution in [0.2, 0.25) is 0 Å². The van der Waals surface area contributed by atoms with E-state index in [0.717, 1.165) is 0 Å². The maximum Gasteiger partial charge on any atom is 0.269 e. The van der Waals surface area contributed by atoms with Crippen molar-refractivity contribution in [2.24, 2.45) is 5.73 Å². The molecular formula is C13H10N4O4S. The van der Waals surface area contributed by atoms with Gasteiger partial charge in [-0.25, -0.2) is 0 Å². The first-order valence-corrected chi connectivity index (χ1v) is 6.39. The van der Waals surface area contributed by atoms with Crippen LogP contribution in [0, 0.1) is 20.2 Å². The summed E-state index contributed by atoms with van der Waals surface area (Å²) in [5.41, 5.74) is 6.61. The largest absolute Gasteiger partial charge is 0.376 e. The zero-order valence-corrected chi connectivity index (χ0v) is 11.9. The van der Waals surface area contributed by atoms with Crippen LogP contribution in [0.3, 0.4) is 0 Å². The fourth-order valence-electron chi connectivity index (χ4n) is 1.85. The second-order valence-electron chi connectivity index (χ2n) is 4.22.